The average molecular weight is 284 g/mol. The molecule has 1 heterocycles. The van der Waals surface area contributed by atoms with Gasteiger partial charge in [0, 0.05) is 25.2 Å². The molecule has 1 aliphatic heterocycles. The van der Waals surface area contributed by atoms with Gasteiger partial charge in [-0.3, -0.25) is 15.0 Å². The van der Waals surface area contributed by atoms with Crippen molar-refractivity contribution in [3.63, 3.8) is 0 Å². The summed E-state index contributed by atoms with van der Waals surface area (Å²) in [5.74, 6) is 1.17. The van der Waals surface area contributed by atoms with Crippen LogP contribution in [0.15, 0.2) is 0 Å². The van der Waals surface area contributed by atoms with Gasteiger partial charge in [-0.1, -0.05) is 13.8 Å². The van der Waals surface area contributed by atoms with Gasteiger partial charge in [0.25, 0.3) is 0 Å². The zero-order valence-corrected chi connectivity index (χ0v) is 14.2. The third-order valence-corrected chi connectivity index (χ3v) is 4.48. The number of rotatable bonds is 5. The number of likely N-dealkylation sites (tertiary alicyclic amines) is 1. The van der Waals surface area contributed by atoms with Gasteiger partial charge >= 0.3 is 5.97 Å². The highest BCUT2D eigenvalue weighted by Crippen LogP contribution is 2.28. The Labute approximate surface area is 124 Å². The minimum atomic E-state index is -0.645. The molecule has 20 heavy (non-hydrogen) atoms. The van der Waals surface area contributed by atoms with E-state index in [9.17, 15) is 4.79 Å². The predicted octanol–water partition coefficient (Wildman–Crippen LogP) is 2.28. The molecule has 4 atom stereocenters. The molecule has 0 aliphatic carbocycles. The van der Waals surface area contributed by atoms with Gasteiger partial charge in [-0.05, 0) is 46.0 Å². The third kappa shape index (κ3) is 4.19. The van der Waals surface area contributed by atoms with Crippen LogP contribution in [0.2, 0.25) is 0 Å². The Morgan fingerprint density at radius 1 is 1.40 bits per heavy atom. The lowest BCUT2D eigenvalue weighted by atomic mass is 9.84. The molecule has 1 N–H and O–H groups in total. The quantitative estimate of drug-likeness (QED) is 0.787. The topological polar surface area (TPSA) is 41.6 Å². The van der Waals surface area contributed by atoms with Crippen molar-refractivity contribution in [2.24, 2.45) is 11.8 Å². The van der Waals surface area contributed by atoms with Gasteiger partial charge in [0.05, 0.1) is 7.11 Å². The van der Waals surface area contributed by atoms with E-state index in [-0.39, 0.29) is 12.0 Å². The summed E-state index contributed by atoms with van der Waals surface area (Å²) in [5, 5.41) is 3.39. The number of carbonyl (C=O) groups is 1. The van der Waals surface area contributed by atoms with Crippen LogP contribution in [0, 0.1) is 11.8 Å². The summed E-state index contributed by atoms with van der Waals surface area (Å²) in [7, 11) is 1.47. The first-order chi connectivity index (χ1) is 9.19. The predicted molar refractivity (Wildman–Crippen MR) is 82.7 cm³/mol. The standard InChI is InChI=1S/C16H32N2O2/c1-11(2)17-16(6,15(19)20-7)10-18-9-12(3)8-13(4)14(18)5/h11-14,17H,8-10H2,1-7H3. The van der Waals surface area contributed by atoms with Crippen molar-refractivity contribution in [1.29, 1.82) is 0 Å². The summed E-state index contributed by atoms with van der Waals surface area (Å²) in [4.78, 5) is 14.6. The Kier molecular flexibility index (Phi) is 6.02. The van der Waals surface area contributed by atoms with Crippen molar-refractivity contribution >= 4 is 5.97 Å². The van der Waals surface area contributed by atoms with E-state index in [1.165, 1.54) is 13.5 Å². The number of nitrogens with one attached hydrogen (secondary N) is 1. The highest BCUT2D eigenvalue weighted by Gasteiger charge is 2.40. The number of hydrogen-bond donors (Lipinski definition) is 1. The van der Waals surface area contributed by atoms with Crippen LogP contribution in [0.4, 0.5) is 0 Å². The Balaban J connectivity index is 2.85. The van der Waals surface area contributed by atoms with Crippen molar-refractivity contribution in [2.75, 3.05) is 20.2 Å². The molecule has 0 saturated carbocycles. The van der Waals surface area contributed by atoms with Gasteiger partial charge < -0.3 is 4.74 Å². The first-order valence-electron chi connectivity index (χ1n) is 7.79. The molecule has 0 bridgehead atoms. The highest BCUT2D eigenvalue weighted by atomic mass is 16.5. The van der Waals surface area contributed by atoms with Crippen molar-refractivity contribution in [2.45, 2.75) is 65.6 Å². The molecule has 1 saturated heterocycles. The number of nitrogens with zero attached hydrogens (tertiary/aromatic N) is 1. The normalized spacial score (nSPS) is 31.1. The minimum Gasteiger partial charge on any atom is -0.468 e. The number of ether oxygens (including phenoxy) is 1. The minimum absolute atomic E-state index is 0.177. The van der Waals surface area contributed by atoms with Crippen molar-refractivity contribution in [1.82, 2.24) is 10.2 Å². The van der Waals surface area contributed by atoms with Gasteiger partial charge in [-0.15, -0.1) is 0 Å². The summed E-state index contributed by atoms with van der Waals surface area (Å²) in [6.07, 6.45) is 1.27. The molecular formula is C16H32N2O2. The smallest absolute Gasteiger partial charge is 0.327 e. The molecule has 0 amide bonds. The molecule has 1 rings (SSSR count). The second-order valence-corrected chi connectivity index (χ2v) is 7.11. The Hall–Kier alpha value is -0.610. The molecule has 4 heteroatoms. The third-order valence-electron chi connectivity index (χ3n) is 4.48. The fraction of sp³-hybridized carbons (Fsp3) is 0.938. The van der Waals surface area contributed by atoms with E-state index in [1.807, 2.05) is 6.92 Å². The van der Waals surface area contributed by atoms with Gasteiger partial charge in [-0.25, -0.2) is 0 Å². The van der Waals surface area contributed by atoms with E-state index in [2.05, 4.69) is 44.8 Å². The zero-order valence-electron chi connectivity index (χ0n) is 14.2. The van der Waals surface area contributed by atoms with Crippen LogP contribution in [0.3, 0.4) is 0 Å². The van der Waals surface area contributed by atoms with Crippen LogP contribution in [-0.2, 0) is 9.53 Å². The van der Waals surface area contributed by atoms with E-state index in [4.69, 9.17) is 4.74 Å². The van der Waals surface area contributed by atoms with Crippen molar-refractivity contribution in [3.05, 3.63) is 0 Å². The lowest BCUT2D eigenvalue weighted by Gasteiger charge is -2.45. The second-order valence-electron chi connectivity index (χ2n) is 7.11. The van der Waals surface area contributed by atoms with Crippen LogP contribution in [-0.4, -0.2) is 48.7 Å². The summed E-state index contributed by atoms with van der Waals surface area (Å²) in [6, 6.07) is 0.748. The van der Waals surface area contributed by atoms with Crippen LogP contribution < -0.4 is 5.32 Å². The van der Waals surface area contributed by atoms with Crippen LogP contribution in [0.1, 0.15) is 48.0 Å². The molecule has 0 radical (unpaired) electrons. The maximum atomic E-state index is 12.2. The molecule has 0 aromatic carbocycles. The first kappa shape index (κ1) is 17.4. The monoisotopic (exact) mass is 284 g/mol. The molecule has 0 aromatic rings. The summed E-state index contributed by atoms with van der Waals surface area (Å²) < 4.78 is 5.02. The maximum absolute atomic E-state index is 12.2. The zero-order chi connectivity index (χ0) is 15.5. The SMILES string of the molecule is COC(=O)C(C)(CN1CC(C)CC(C)C1C)NC(C)C. The summed E-state index contributed by atoms with van der Waals surface area (Å²) in [6.45, 7) is 14.7. The highest BCUT2D eigenvalue weighted by molar-refractivity contribution is 5.80. The largest absolute Gasteiger partial charge is 0.468 e. The maximum Gasteiger partial charge on any atom is 0.327 e. The fourth-order valence-electron chi connectivity index (χ4n) is 3.48. The molecule has 0 aromatic heterocycles. The molecule has 4 nitrogen and oxygen atoms in total. The van der Waals surface area contributed by atoms with E-state index in [0.717, 1.165) is 6.54 Å². The average Bonchev–Trinajstić information content (AvgIpc) is 2.33. The fourth-order valence-corrected chi connectivity index (χ4v) is 3.48. The number of hydrogen-bond acceptors (Lipinski definition) is 4. The van der Waals surface area contributed by atoms with Crippen LogP contribution in [0.25, 0.3) is 0 Å². The summed E-state index contributed by atoms with van der Waals surface area (Å²) >= 11 is 0. The Morgan fingerprint density at radius 2 is 2.00 bits per heavy atom. The van der Waals surface area contributed by atoms with Crippen molar-refractivity contribution in [3.8, 4) is 0 Å². The lowest BCUT2D eigenvalue weighted by Crippen LogP contribution is -2.62. The van der Waals surface area contributed by atoms with Crippen molar-refractivity contribution < 1.29 is 9.53 Å². The van der Waals surface area contributed by atoms with Gasteiger partial charge in [0.2, 0.25) is 0 Å². The number of esters is 1. The van der Waals surface area contributed by atoms with E-state index in [0.29, 0.717) is 24.4 Å². The Bertz CT molecular complexity index is 332. The summed E-state index contributed by atoms with van der Waals surface area (Å²) in [5.41, 5.74) is -0.645. The van der Waals surface area contributed by atoms with E-state index in [1.54, 1.807) is 0 Å². The molecule has 1 aliphatic rings. The van der Waals surface area contributed by atoms with Crippen LogP contribution in [0.5, 0.6) is 0 Å². The van der Waals surface area contributed by atoms with Crippen LogP contribution >= 0.6 is 0 Å². The van der Waals surface area contributed by atoms with Gasteiger partial charge in [0.15, 0.2) is 0 Å². The van der Waals surface area contributed by atoms with E-state index < -0.39 is 5.54 Å². The molecular weight excluding hydrogens is 252 g/mol. The van der Waals surface area contributed by atoms with Gasteiger partial charge in [0.1, 0.15) is 5.54 Å². The molecule has 0 spiro atoms. The Morgan fingerprint density at radius 3 is 2.50 bits per heavy atom. The molecule has 118 valence electrons. The molecule has 4 unspecified atom stereocenters. The number of carbonyl (C=O) groups excluding carboxylic acids is 1. The second kappa shape index (κ2) is 6.90. The van der Waals surface area contributed by atoms with Gasteiger partial charge in [-0.2, -0.15) is 0 Å². The first-order valence-corrected chi connectivity index (χ1v) is 7.79. The van der Waals surface area contributed by atoms with E-state index >= 15 is 0 Å². The molecule has 1 fully saturated rings. The lowest BCUT2D eigenvalue weighted by molar-refractivity contribution is -0.149. The number of piperidine rings is 1. The number of methoxy groups -OCH3 is 1.